The van der Waals surface area contributed by atoms with Crippen LogP contribution in [0, 0.1) is 0 Å². The van der Waals surface area contributed by atoms with Gasteiger partial charge >= 0.3 is 0 Å². The molecule has 0 bridgehead atoms. The Hall–Kier alpha value is -0.940. The van der Waals surface area contributed by atoms with E-state index >= 15 is 0 Å². The molecule has 0 aliphatic carbocycles. The summed E-state index contributed by atoms with van der Waals surface area (Å²) in [5.74, 6) is 0. The van der Waals surface area contributed by atoms with E-state index in [1.165, 1.54) is 11.1 Å². The molecule has 1 heterocycles. The van der Waals surface area contributed by atoms with Crippen LogP contribution >= 0.6 is 0 Å². The van der Waals surface area contributed by atoms with Crippen molar-refractivity contribution in [3.63, 3.8) is 0 Å². The fraction of sp³-hybridized carbons (Fsp3) is 0.600. The SMILES string of the molecule is CNCC1CN(Cc2ccccc2COC)CCO1. The Morgan fingerprint density at radius 3 is 2.89 bits per heavy atom. The molecule has 1 aliphatic heterocycles. The number of hydrogen-bond donors (Lipinski definition) is 1. The molecule has 0 aromatic heterocycles. The van der Waals surface area contributed by atoms with Crippen LogP contribution in [0.15, 0.2) is 24.3 Å². The van der Waals surface area contributed by atoms with Crippen LogP contribution < -0.4 is 5.32 Å². The summed E-state index contributed by atoms with van der Waals surface area (Å²) in [7, 11) is 3.71. The monoisotopic (exact) mass is 264 g/mol. The van der Waals surface area contributed by atoms with E-state index in [0.29, 0.717) is 12.7 Å². The number of hydrogen-bond acceptors (Lipinski definition) is 4. The minimum absolute atomic E-state index is 0.299. The number of likely N-dealkylation sites (N-methyl/N-ethyl adjacent to an activating group) is 1. The molecule has 4 nitrogen and oxygen atoms in total. The Morgan fingerprint density at radius 2 is 2.16 bits per heavy atom. The van der Waals surface area contributed by atoms with E-state index < -0.39 is 0 Å². The number of nitrogens with zero attached hydrogens (tertiary/aromatic N) is 1. The second-order valence-corrected chi connectivity index (χ2v) is 4.99. The lowest BCUT2D eigenvalue weighted by molar-refractivity contribution is -0.0293. The van der Waals surface area contributed by atoms with Gasteiger partial charge in [0, 0.05) is 33.3 Å². The number of morpholine rings is 1. The standard InChI is InChI=1S/C15H24N2O2/c1-16-9-15-11-17(7-8-19-15)10-13-5-3-4-6-14(13)12-18-2/h3-6,15-16H,7-12H2,1-2H3. The lowest BCUT2D eigenvalue weighted by Crippen LogP contribution is -2.45. The fourth-order valence-corrected chi connectivity index (χ4v) is 2.52. The summed E-state index contributed by atoms with van der Waals surface area (Å²) in [4.78, 5) is 2.46. The zero-order valence-corrected chi connectivity index (χ0v) is 11.9. The van der Waals surface area contributed by atoms with Gasteiger partial charge in [0.05, 0.1) is 19.3 Å². The van der Waals surface area contributed by atoms with E-state index in [-0.39, 0.29) is 0 Å². The van der Waals surface area contributed by atoms with Gasteiger partial charge in [-0.05, 0) is 18.2 Å². The van der Waals surface area contributed by atoms with Crippen molar-refractivity contribution in [2.24, 2.45) is 0 Å². The molecule has 0 saturated carbocycles. The van der Waals surface area contributed by atoms with Gasteiger partial charge in [0.15, 0.2) is 0 Å². The normalized spacial score (nSPS) is 20.6. The highest BCUT2D eigenvalue weighted by molar-refractivity contribution is 5.26. The molecular formula is C15H24N2O2. The van der Waals surface area contributed by atoms with Crippen LogP contribution in [-0.4, -0.2) is 51.4 Å². The Bertz CT molecular complexity index is 382. The second kappa shape index (κ2) is 7.60. The van der Waals surface area contributed by atoms with Gasteiger partial charge in [-0.2, -0.15) is 0 Å². The minimum atomic E-state index is 0.299. The summed E-state index contributed by atoms with van der Waals surface area (Å²) in [6.07, 6.45) is 0.299. The Kier molecular flexibility index (Phi) is 5.79. The highest BCUT2D eigenvalue weighted by atomic mass is 16.5. The summed E-state index contributed by atoms with van der Waals surface area (Å²) < 4.78 is 11.0. The van der Waals surface area contributed by atoms with Crippen LogP contribution in [0.3, 0.4) is 0 Å². The van der Waals surface area contributed by atoms with Gasteiger partial charge in [0.25, 0.3) is 0 Å². The highest BCUT2D eigenvalue weighted by Gasteiger charge is 2.20. The van der Waals surface area contributed by atoms with Gasteiger partial charge < -0.3 is 14.8 Å². The van der Waals surface area contributed by atoms with Crippen LogP contribution in [0.4, 0.5) is 0 Å². The summed E-state index contributed by atoms with van der Waals surface area (Å²) in [6, 6.07) is 8.50. The van der Waals surface area contributed by atoms with E-state index in [4.69, 9.17) is 9.47 Å². The smallest absolute Gasteiger partial charge is 0.0826 e. The van der Waals surface area contributed by atoms with E-state index in [9.17, 15) is 0 Å². The molecule has 0 spiro atoms. The third-order valence-electron chi connectivity index (χ3n) is 3.47. The first-order chi connectivity index (χ1) is 9.33. The van der Waals surface area contributed by atoms with E-state index in [2.05, 4.69) is 34.5 Å². The molecule has 2 rings (SSSR count). The topological polar surface area (TPSA) is 33.7 Å². The minimum Gasteiger partial charge on any atom is -0.380 e. The van der Waals surface area contributed by atoms with Crippen LogP contribution in [0.5, 0.6) is 0 Å². The quantitative estimate of drug-likeness (QED) is 0.838. The van der Waals surface area contributed by atoms with Crippen molar-refractivity contribution in [2.75, 3.05) is 40.4 Å². The molecule has 1 aromatic carbocycles. The molecular weight excluding hydrogens is 240 g/mol. The van der Waals surface area contributed by atoms with Gasteiger partial charge in [-0.1, -0.05) is 24.3 Å². The lowest BCUT2D eigenvalue weighted by Gasteiger charge is -2.33. The Labute approximate surface area is 115 Å². The van der Waals surface area contributed by atoms with Crippen molar-refractivity contribution in [2.45, 2.75) is 19.3 Å². The van der Waals surface area contributed by atoms with Gasteiger partial charge in [-0.25, -0.2) is 0 Å². The number of ether oxygens (including phenoxy) is 2. The van der Waals surface area contributed by atoms with Crippen molar-refractivity contribution in [3.05, 3.63) is 35.4 Å². The first-order valence-corrected chi connectivity index (χ1v) is 6.87. The molecule has 1 fully saturated rings. The zero-order chi connectivity index (χ0) is 13.5. The third-order valence-corrected chi connectivity index (χ3v) is 3.47. The van der Waals surface area contributed by atoms with Crippen molar-refractivity contribution < 1.29 is 9.47 Å². The molecule has 1 aromatic rings. The lowest BCUT2D eigenvalue weighted by atomic mass is 10.1. The molecule has 1 atom stereocenters. The molecule has 0 amide bonds. The van der Waals surface area contributed by atoms with Gasteiger partial charge in [0.1, 0.15) is 0 Å². The third kappa shape index (κ3) is 4.28. The molecule has 1 saturated heterocycles. The maximum atomic E-state index is 5.74. The average molecular weight is 264 g/mol. The molecule has 4 heteroatoms. The van der Waals surface area contributed by atoms with Gasteiger partial charge in [-0.3, -0.25) is 4.90 Å². The van der Waals surface area contributed by atoms with Crippen molar-refractivity contribution in [3.8, 4) is 0 Å². The van der Waals surface area contributed by atoms with Crippen LogP contribution in [-0.2, 0) is 22.6 Å². The van der Waals surface area contributed by atoms with Gasteiger partial charge in [-0.15, -0.1) is 0 Å². The highest BCUT2D eigenvalue weighted by Crippen LogP contribution is 2.15. The van der Waals surface area contributed by atoms with Crippen LogP contribution in [0.2, 0.25) is 0 Å². The fourth-order valence-electron chi connectivity index (χ4n) is 2.52. The zero-order valence-electron chi connectivity index (χ0n) is 11.9. The van der Waals surface area contributed by atoms with Crippen LogP contribution in [0.1, 0.15) is 11.1 Å². The molecule has 1 unspecified atom stereocenters. The second-order valence-electron chi connectivity index (χ2n) is 4.99. The summed E-state index contributed by atoms with van der Waals surface area (Å²) >= 11 is 0. The van der Waals surface area contributed by atoms with Crippen molar-refractivity contribution in [1.82, 2.24) is 10.2 Å². The maximum absolute atomic E-state index is 5.74. The van der Waals surface area contributed by atoms with Crippen molar-refractivity contribution >= 4 is 0 Å². The largest absolute Gasteiger partial charge is 0.380 e. The number of nitrogens with one attached hydrogen (secondary N) is 1. The number of methoxy groups -OCH3 is 1. The molecule has 0 radical (unpaired) electrons. The van der Waals surface area contributed by atoms with E-state index in [1.807, 2.05) is 7.05 Å². The summed E-state index contributed by atoms with van der Waals surface area (Å²) in [5, 5.41) is 3.18. The number of benzene rings is 1. The number of rotatable bonds is 6. The molecule has 106 valence electrons. The first kappa shape index (κ1) is 14.5. The Balaban J connectivity index is 1.96. The summed E-state index contributed by atoms with van der Waals surface area (Å²) in [6.45, 7) is 5.38. The molecule has 19 heavy (non-hydrogen) atoms. The molecule has 1 aliphatic rings. The molecule has 1 N–H and O–H groups in total. The average Bonchev–Trinajstić information content (AvgIpc) is 2.42. The maximum Gasteiger partial charge on any atom is 0.0826 e. The van der Waals surface area contributed by atoms with Gasteiger partial charge in [0.2, 0.25) is 0 Å². The van der Waals surface area contributed by atoms with E-state index in [0.717, 1.165) is 32.8 Å². The van der Waals surface area contributed by atoms with Crippen LogP contribution in [0.25, 0.3) is 0 Å². The Morgan fingerprint density at radius 1 is 1.37 bits per heavy atom. The first-order valence-electron chi connectivity index (χ1n) is 6.87. The predicted molar refractivity (Wildman–Crippen MR) is 76.1 cm³/mol. The van der Waals surface area contributed by atoms with Crippen molar-refractivity contribution in [1.29, 1.82) is 0 Å². The van der Waals surface area contributed by atoms with E-state index in [1.54, 1.807) is 7.11 Å². The predicted octanol–water partition coefficient (Wildman–Crippen LogP) is 1.25. The summed E-state index contributed by atoms with van der Waals surface area (Å²) in [5.41, 5.74) is 2.64.